The smallest absolute Gasteiger partial charge is 0.129 e. The molecule has 0 aromatic carbocycles. The summed E-state index contributed by atoms with van der Waals surface area (Å²) in [6.07, 6.45) is 0. The predicted molar refractivity (Wildman–Crippen MR) is 50.8 cm³/mol. The van der Waals surface area contributed by atoms with Crippen LogP contribution in [0.4, 0.5) is 5.82 Å². The molecule has 0 saturated carbocycles. The predicted octanol–water partition coefficient (Wildman–Crippen LogP) is 1.03. The van der Waals surface area contributed by atoms with Crippen LogP contribution in [-0.2, 0) is 4.74 Å². The molecule has 1 aromatic rings. The van der Waals surface area contributed by atoms with Gasteiger partial charge < -0.3 is 9.64 Å². The summed E-state index contributed by atoms with van der Waals surface area (Å²) < 4.78 is 5.27. The summed E-state index contributed by atoms with van der Waals surface area (Å²) in [6, 6.07) is 6.90. The molecule has 0 bridgehead atoms. The summed E-state index contributed by atoms with van der Waals surface area (Å²) in [4.78, 5) is 6.67. The van der Waals surface area contributed by atoms with E-state index in [9.17, 15) is 0 Å². The van der Waals surface area contributed by atoms with Crippen molar-refractivity contribution in [3.8, 4) is 0 Å². The Balaban J connectivity index is 2.14. The molecule has 2 heterocycles. The van der Waals surface area contributed by atoms with Gasteiger partial charge in [-0.1, -0.05) is 0 Å². The van der Waals surface area contributed by atoms with E-state index >= 15 is 0 Å². The largest absolute Gasteiger partial charge is 0.378 e. The molecule has 1 saturated heterocycles. The fourth-order valence-corrected chi connectivity index (χ4v) is 1.44. The molecule has 0 amide bonds. The lowest BCUT2D eigenvalue weighted by Crippen LogP contribution is -2.36. The standard InChI is InChI=1S/C10H13N2O/c1-9-3-2-4-10(11-9)12-5-7-13-8-6-12/h3-4H,5-8H2,1H3. The van der Waals surface area contributed by atoms with Gasteiger partial charge in [-0.3, -0.25) is 0 Å². The zero-order chi connectivity index (χ0) is 9.10. The van der Waals surface area contributed by atoms with Crippen LogP contribution < -0.4 is 4.90 Å². The number of nitrogens with zero attached hydrogens (tertiary/aromatic N) is 2. The van der Waals surface area contributed by atoms with Gasteiger partial charge in [0.2, 0.25) is 0 Å². The molecule has 0 N–H and O–H groups in total. The fraction of sp³-hybridized carbons (Fsp3) is 0.500. The molecule has 0 atom stereocenters. The normalized spacial score (nSPS) is 17.5. The maximum absolute atomic E-state index is 5.27. The maximum atomic E-state index is 5.27. The number of ether oxygens (including phenoxy) is 1. The molecule has 3 heteroatoms. The number of pyridine rings is 1. The van der Waals surface area contributed by atoms with Crippen molar-refractivity contribution in [3.05, 3.63) is 23.9 Å². The lowest BCUT2D eigenvalue weighted by atomic mass is 10.3. The highest BCUT2D eigenvalue weighted by atomic mass is 16.5. The van der Waals surface area contributed by atoms with Crippen LogP contribution in [0.1, 0.15) is 5.69 Å². The summed E-state index contributed by atoms with van der Waals surface area (Å²) in [7, 11) is 0. The summed E-state index contributed by atoms with van der Waals surface area (Å²) in [5, 5.41) is 0. The molecule has 0 spiro atoms. The average molecular weight is 177 g/mol. The molecule has 1 aliphatic heterocycles. The SMILES string of the molecule is Cc1c[c]cc(N2CCOCC2)n1. The van der Waals surface area contributed by atoms with E-state index in [-0.39, 0.29) is 0 Å². The first-order chi connectivity index (χ1) is 6.36. The Morgan fingerprint density at radius 1 is 1.38 bits per heavy atom. The minimum Gasteiger partial charge on any atom is -0.378 e. The highest BCUT2D eigenvalue weighted by molar-refractivity contribution is 5.38. The first-order valence-corrected chi connectivity index (χ1v) is 4.54. The first-order valence-electron chi connectivity index (χ1n) is 4.54. The van der Waals surface area contributed by atoms with Crippen LogP contribution >= 0.6 is 0 Å². The molecular formula is C10H13N2O. The second-order valence-electron chi connectivity index (χ2n) is 3.17. The van der Waals surface area contributed by atoms with Gasteiger partial charge in [-0.15, -0.1) is 0 Å². The third kappa shape index (κ3) is 1.98. The molecule has 0 aliphatic carbocycles. The van der Waals surface area contributed by atoms with Gasteiger partial charge in [-0.25, -0.2) is 4.98 Å². The second kappa shape index (κ2) is 3.75. The van der Waals surface area contributed by atoms with Gasteiger partial charge in [0, 0.05) is 18.8 Å². The fourth-order valence-electron chi connectivity index (χ4n) is 1.44. The van der Waals surface area contributed by atoms with Crippen LogP contribution in [0.2, 0.25) is 0 Å². The van der Waals surface area contributed by atoms with E-state index in [0.717, 1.165) is 37.8 Å². The van der Waals surface area contributed by atoms with E-state index in [1.54, 1.807) is 0 Å². The van der Waals surface area contributed by atoms with Crippen molar-refractivity contribution in [3.63, 3.8) is 0 Å². The van der Waals surface area contributed by atoms with Crippen molar-refractivity contribution in [1.82, 2.24) is 4.98 Å². The van der Waals surface area contributed by atoms with Crippen LogP contribution in [0.5, 0.6) is 0 Å². The highest BCUT2D eigenvalue weighted by Gasteiger charge is 2.11. The zero-order valence-electron chi connectivity index (χ0n) is 7.79. The Labute approximate surface area is 78.3 Å². The average Bonchev–Trinajstić information content (AvgIpc) is 2.19. The van der Waals surface area contributed by atoms with Crippen LogP contribution in [0, 0.1) is 13.0 Å². The monoisotopic (exact) mass is 177 g/mol. The number of aromatic nitrogens is 1. The quantitative estimate of drug-likeness (QED) is 0.640. The van der Waals surface area contributed by atoms with Crippen molar-refractivity contribution < 1.29 is 4.74 Å². The molecule has 13 heavy (non-hydrogen) atoms. The van der Waals surface area contributed by atoms with Crippen molar-refractivity contribution in [2.45, 2.75) is 6.92 Å². The Morgan fingerprint density at radius 3 is 2.85 bits per heavy atom. The third-order valence-corrected chi connectivity index (χ3v) is 2.13. The third-order valence-electron chi connectivity index (χ3n) is 2.13. The van der Waals surface area contributed by atoms with Gasteiger partial charge in [0.1, 0.15) is 5.82 Å². The molecule has 2 rings (SSSR count). The van der Waals surface area contributed by atoms with Gasteiger partial charge >= 0.3 is 0 Å². The molecule has 0 unspecified atom stereocenters. The Morgan fingerprint density at radius 2 is 2.15 bits per heavy atom. The van der Waals surface area contributed by atoms with Gasteiger partial charge in [0.25, 0.3) is 0 Å². The van der Waals surface area contributed by atoms with Gasteiger partial charge in [0.15, 0.2) is 0 Å². The van der Waals surface area contributed by atoms with E-state index in [0.29, 0.717) is 0 Å². The van der Waals surface area contributed by atoms with E-state index in [1.807, 2.05) is 19.1 Å². The number of morpholine rings is 1. The van der Waals surface area contributed by atoms with Crippen LogP contribution in [0.3, 0.4) is 0 Å². The molecule has 69 valence electrons. The first kappa shape index (κ1) is 8.51. The molecular weight excluding hydrogens is 164 g/mol. The summed E-state index contributed by atoms with van der Waals surface area (Å²) in [6.45, 7) is 5.46. The summed E-state index contributed by atoms with van der Waals surface area (Å²) in [5.41, 5.74) is 1.02. The molecule has 1 aromatic heterocycles. The Bertz CT molecular complexity index is 282. The number of hydrogen-bond acceptors (Lipinski definition) is 3. The van der Waals surface area contributed by atoms with Crippen molar-refractivity contribution in [2.75, 3.05) is 31.2 Å². The maximum Gasteiger partial charge on any atom is 0.129 e. The highest BCUT2D eigenvalue weighted by Crippen LogP contribution is 2.11. The molecule has 1 fully saturated rings. The lowest BCUT2D eigenvalue weighted by Gasteiger charge is -2.27. The Hall–Kier alpha value is -1.09. The number of rotatable bonds is 1. The van der Waals surface area contributed by atoms with Gasteiger partial charge in [0.05, 0.1) is 13.2 Å². The molecule has 3 nitrogen and oxygen atoms in total. The topological polar surface area (TPSA) is 25.4 Å². The Kier molecular flexibility index (Phi) is 2.45. The van der Waals surface area contributed by atoms with Crippen LogP contribution in [0.15, 0.2) is 12.1 Å². The summed E-state index contributed by atoms with van der Waals surface area (Å²) in [5.74, 6) is 1.02. The lowest BCUT2D eigenvalue weighted by molar-refractivity contribution is 0.122. The number of anilines is 1. The zero-order valence-corrected chi connectivity index (χ0v) is 7.79. The van der Waals surface area contributed by atoms with Crippen molar-refractivity contribution in [2.24, 2.45) is 0 Å². The van der Waals surface area contributed by atoms with Gasteiger partial charge in [-0.05, 0) is 25.1 Å². The van der Waals surface area contributed by atoms with E-state index in [1.165, 1.54) is 0 Å². The minimum absolute atomic E-state index is 0.801. The van der Waals surface area contributed by atoms with Crippen LogP contribution in [-0.4, -0.2) is 31.3 Å². The molecule has 1 aliphatic rings. The second-order valence-corrected chi connectivity index (χ2v) is 3.17. The van der Waals surface area contributed by atoms with E-state index in [4.69, 9.17) is 4.74 Å². The number of hydrogen-bond donors (Lipinski definition) is 0. The minimum atomic E-state index is 0.801. The van der Waals surface area contributed by atoms with Crippen LogP contribution in [0.25, 0.3) is 0 Å². The number of aryl methyl sites for hydroxylation is 1. The molecule has 1 radical (unpaired) electrons. The van der Waals surface area contributed by atoms with Gasteiger partial charge in [-0.2, -0.15) is 0 Å². The van der Waals surface area contributed by atoms with E-state index in [2.05, 4.69) is 16.0 Å². The van der Waals surface area contributed by atoms with Crippen molar-refractivity contribution >= 4 is 5.82 Å². The summed E-state index contributed by atoms with van der Waals surface area (Å²) >= 11 is 0. The van der Waals surface area contributed by atoms with Crippen molar-refractivity contribution in [1.29, 1.82) is 0 Å². The van der Waals surface area contributed by atoms with E-state index < -0.39 is 0 Å².